The van der Waals surface area contributed by atoms with Crippen molar-refractivity contribution in [1.29, 1.82) is 0 Å². The lowest BCUT2D eigenvalue weighted by Crippen LogP contribution is -2.48. The first-order chi connectivity index (χ1) is 12.4. The van der Waals surface area contributed by atoms with Crippen molar-refractivity contribution in [3.05, 3.63) is 53.6 Å². The van der Waals surface area contributed by atoms with E-state index in [9.17, 15) is 13.2 Å². The first kappa shape index (κ1) is 18.7. The molecule has 1 unspecified atom stereocenters. The number of amides is 1. The number of halogens is 1. The first-order valence-corrected chi connectivity index (χ1v) is 10.1. The quantitative estimate of drug-likeness (QED) is 0.704. The molecule has 1 aliphatic rings. The lowest BCUT2D eigenvalue weighted by molar-refractivity contribution is -0.121. The molecule has 8 heteroatoms. The minimum Gasteiger partial charge on any atom is -0.326 e. The average molecular weight is 394 g/mol. The van der Waals surface area contributed by atoms with E-state index in [1.54, 1.807) is 36.4 Å². The van der Waals surface area contributed by atoms with E-state index < -0.39 is 10.0 Å². The normalized spacial score (nSPS) is 15.8. The van der Waals surface area contributed by atoms with Gasteiger partial charge in [-0.05, 0) is 49.3 Å². The van der Waals surface area contributed by atoms with E-state index in [1.807, 2.05) is 6.92 Å². The summed E-state index contributed by atoms with van der Waals surface area (Å²) >= 11 is 6.01. The molecule has 0 aromatic heterocycles. The highest BCUT2D eigenvalue weighted by Crippen LogP contribution is 2.25. The van der Waals surface area contributed by atoms with Crippen LogP contribution in [0.3, 0.4) is 0 Å². The van der Waals surface area contributed by atoms with Crippen LogP contribution >= 0.6 is 11.6 Å². The number of carbonyl (C=O) groups is 1. The van der Waals surface area contributed by atoms with Gasteiger partial charge in [0.05, 0.1) is 15.6 Å². The van der Waals surface area contributed by atoms with Crippen molar-refractivity contribution in [1.82, 2.24) is 5.32 Å². The van der Waals surface area contributed by atoms with Gasteiger partial charge in [0.25, 0.3) is 10.0 Å². The van der Waals surface area contributed by atoms with Crippen LogP contribution in [0.25, 0.3) is 0 Å². The van der Waals surface area contributed by atoms with Crippen molar-refractivity contribution in [3.8, 4) is 0 Å². The molecule has 26 heavy (non-hydrogen) atoms. The van der Waals surface area contributed by atoms with Crippen LogP contribution in [0.15, 0.2) is 53.4 Å². The Morgan fingerprint density at radius 1 is 1.19 bits per heavy atom. The van der Waals surface area contributed by atoms with Gasteiger partial charge < -0.3 is 10.6 Å². The summed E-state index contributed by atoms with van der Waals surface area (Å²) in [5.41, 5.74) is 0.742. The summed E-state index contributed by atoms with van der Waals surface area (Å²) in [5, 5.41) is 6.24. The largest absolute Gasteiger partial charge is 0.326 e. The minimum atomic E-state index is -3.82. The maximum atomic E-state index is 12.6. The molecule has 3 N–H and O–H groups in total. The minimum absolute atomic E-state index is 0.0492. The fourth-order valence-corrected chi connectivity index (χ4v) is 3.99. The van der Waals surface area contributed by atoms with Gasteiger partial charge in [-0.2, -0.15) is 0 Å². The van der Waals surface area contributed by atoms with Gasteiger partial charge in [0, 0.05) is 11.6 Å². The maximum Gasteiger partial charge on any atom is 0.262 e. The van der Waals surface area contributed by atoms with Gasteiger partial charge in [-0.3, -0.25) is 9.52 Å². The molecule has 1 aliphatic heterocycles. The Morgan fingerprint density at radius 3 is 2.58 bits per heavy atom. The summed E-state index contributed by atoms with van der Waals surface area (Å²) in [5.74, 6) is 0.0479. The smallest absolute Gasteiger partial charge is 0.262 e. The highest BCUT2D eigenvalue weighted by atomic mass is 35.5. The molecule has 3 rings (SSSR count). The Bertz CT molecular complexity index is 913. The molecular formula is C18H20ClN3O3S. The predicted molar refractivity (Wildman–Crippen MR) is 103 cm³/mol. The molecule has 0 radical (unpaired) electrons. The van der Waals surface area contributed by atoms with Crippen LogP contribution in [-0.4, -0.2) is 27.4 Å². The molecule has 1 saturated heterocycles. The summed E-state index contributed by atoms with van der Waals surface area (Å²) in [7, 11) is -3.82. The first-order valence-electron chi connectivity index (χ1n) is 8.26. The van der Waals surface area contributed by atoms with Gasteiger partial charge in [0.2, 0.25) is 5.91 Å². The topological polar surface area (TPSA) is 87.3 Å². The zero-order valence-electron chi connectivity index (χ0n) is 14.2. The molecule has 0 spiro atoms. The van der Waals surface area contributed by atoms with Gasteiger partial charge >= 0.3 is 0 Å². The number of rotatable bonds is 6. The Morgan fingerprint density at radius 2 is 1.92 bits per heavy atom. The number of hydrogen-bond acceptors (Lipinski definition) is 4. The number of nitrogens with one attached hydrogen (secondary N) is 3. The fraction of sp³-hybridized carbons (Fsp3) is 0.278. The van der Waals surface area contributed by atoms with Crippen molar-refractivity contribution in [2.75, 3.05) is 23.1 Å². The Kier molecular flexibility index (Phi) is 5.50. The van der Waals surface area contributed by atoms with Crippen LogP contribution in [0.5, 0.6) is 0 Å². The lowest BCUT2D eigenvalue weighted by Gasteiger charge is -2.31. The summed E-state index contributed by atoms with van der Waals surface area (Å²) in [6.45, 7) is 3.52. The number of anilines is 2. The number of carbonyl (C=O) groups excluding carboxylic acids is 1. The van der Waals surface area contributed by atoms with E-state index in [1.165, 1.54) is 12.1 Å². The number of benzene rings is 2. The zero-order valence-corrected chi connectivity index (χ0v) is 15.8. The molecule has 2 aromatic rings. The molecule has 1 heterocycles. The molecule has 1 fully saturated rings. The van der Waals surface area contributed by atoms with Gasteiger partial charge in [-0.15, -0.1) is 0 Å². The van der Waals surface area contributed by atoms with Crippen molar-refractivity contribution in [2.45, 2.75) is 11.8 Å². The SMILES string of the molecule is CC(C(=O)Nc1cccc(S(=O)(=O)Nc2ccccc2Cl)c1)C1CNC1. The monoisotopic (exact) mass is 393 g/mol. The van der Waals surface area contributed by atoms with Crippen LogP contribution in [0.1, 0.15) is 6.92 Å². The summed E-state index contributed by atoms with van der Waals surface area (Å²) in [6.07, 6.45) is 0. The molecule has 6 nitrogen and oxygen atoms in total. The lowest BCUT2D eigenvalue weighted by atomic mass is 9.88. The highest BCUT2D eigenvalue weighted by Gasteiger charge is 2.28. The Labute approximate surface area is 158 Å². The van der Waals surface area contributed by atoms with Gasteiger partial charge in [-0.1, -0.05) is 36.7 Å². The predicted octanol–water partition coefficient (Wildman–Crippen LogP) is 2.93. The molecule has 2 aromatic carbocycles. The average Bonchev–Trinajstić information content (AvgIpc) is 2.55. The molecule has 138 valence electrons. The third-order valence-electron chi connectivity index (χ3n) is 4.46. The van der Waals surface area contributed by atoms with Crippen LogP contribution < -0.4 is 15.4 Å². The number of sulfonamides is 1. The van der Waals surface area contributed by atoms with E-state index in [-0.39, 0.29) is 16.7 Å². The van der Waals surface area contributed by atoms with Crippen molar-refractivity contribution >= 4 is 38.9 Å². The Hall–Kier alpha value is -2.09. The Balaban J connectivity index is 1.75. The molecule has 1 atom stereocenters. The second kappa shape index (κ2) is 7.65. The second-order valence-corrected chi connectivity index (χ2v) is 8.40. The third-order valence-corrected chi connectivity index (χ3v) is 6.16. The summed E-state index contributed by atoms with van der Waals surface area (Å²) < 4.78 is 27.7. The third kappa shape index (κ3) is 4.17. The van der Waals surface area contributed by atoms with Gasteiger partial charge in [0.1, 0.15) is 0 Å². The summed E-state index contributed by atoms with van der Waals surface area (Å²) in [6, 6.07) is 12.8. The highest BCUT2D eigenvalue weighted by molar-refractivity contribution is 7.92. The molecule has 0 saturated carbocycles. The standard InChI is InChI=1S/C18H20ClN3O3S/c1-12(13-10-20-11-13)18(23)21-14-5-4-6-15(9-14)26(24,25)22-17-8-3-2-7-16(17)19/h2-9,12-13,20,22H,10-11H2,1H3,(H,21,23). The zero-order chi connectivity index (χ0) is 18.7. The molecule has 0 aliphatic carbocycles. The number of para-hydroxylation sites is 1. The van der Waals surface area contributed by atoms with Crippen molar-refractivity contribution < 1.29 is 13.2 Å². The number of hydrogen-bond donors (Lipinski definition) is 3. The van der Waals surface area contributed by atoms with Gasteiger partial charge in [-0.25, -0.2) is 8.42 Å². The van der Waals surface area contributed by atoms with Crippen LogP contribution in [0.4, 0.5) is 11.4 Å². The van der Waals surface area contributed by atoms with Crippen molar-refractivity contribution in [2.24, 2.45) is 11.8 Å². The molecule has 0 bridgehead atoms. The second-order valence-electron chi connectivity index (χ2n) is 6.31. The molecule has 1 amide bonds. The van der Waals surface area contributed by atoms with Gasteiger partial charge in [0.15, 0.2) is 0 Å². The van der Waals surface area contributed by atoms with E-state index in [2.05, 4.69) is 15.4 Å². The van der Waals surface area contributed by atoms with E-state index in [4.69, 9.17) is 11.6 Å². The summed E-state index contributed by atoms with van der Waals surface area (Å²) in [4.78, 5) is 12.4. The fourth-order valence-electron chi connectivity index (χ4n) is 2.62. The van der Waals surface area contributed by atoms with Crippen molar-refractivity contribution in [3.63, 3.8) is 0 Å². The van der Waals surface area contributed by atoms with Crippen LogP contribution in [-0.2, 0) is 14.8 Å². The maximum absolute atomic E-state index is 12.6. The van der Waals surface area contributed by atoms with E-state index in [0.29, 0.717) is 22.3 Å². The van der Waals surface area contributed by atoms with Crippen LogP contribution in [0.2, 0.25) is 5.02 Å². The van der Waals surface area contributed by atoms with E-state index in [0.717, 1.165) is 13.1 Å². The van der Waals surface area contributed by atoms with E-state index >= 15 is 0 Å². The van der Waals surface area contributed by atoms with Crippen LogP contribution in [0, 0.1) is 11.8 Å². The molecular weight excluding hydrogens is 374 g/mol.